The first-order valence-corrected chi connectivity index (χ1v) is 8.11. The summed E-state index contributed by atoms with van der Waals surface area (Å²) in [4.78, 5) is 19.2. The Balaban J connectivity index is 2.24. The molecule has 4 nitrogen and oxygen atoms in total. The minimum atomic E-state index is 0.0976. The van der Waals surface area contributed by atoms with Gasteiger partial charge in [-0.05, 0) is 37.8 Å². The predicted octanol–water partition coefficient (Wildman–Crippen LogP) is 3.58. The molecule has 116 valence electrons. The highest BCUT2D eigenvalue weighted by Gasteiger charge is 2.25. The Morgan fingerprint density at radius 2 is 2.00 bits per heavy atom. The third kappa shape index (κ3) is 3.74. The number of aromatic nitrogens is 1. The van der Waals surface area contributed by atoms with Crippen molar-refractivity contribution in [2.24, 2.45) is 0 Å². The molecule has 0 aromatic carbocycles. The van der Waals surface area contributed by atoms with Crippen molar-refractivity contribution in [1.29, 1.82) is 0 Å². The molecule has 0 spiro atoms. The molecule has 4 heteroatoms. The number of nitrogens with two attached hydrogens (primary N) is 1. The van der Waals surface area contributed by atoms with Gasteiger partial charge in [0.25, 0.3) is 5.91 Å². The summed E-state index contributed by atoms with van der Waals surface area (Å²) in [6.45, 7) is 6.94. The Bertz CT molecular complexity index is 493. The molecule has 0 saturated heterocycles. The number of nitrogens with zero attached hydrogens (tertiary/aromatic N) is 2. The van der Waals surface area contributed by atoms with E-state index in [4.69, 9.17) is 5.73 Å². The molecule has 1 aromatic rings. The van der Waals surface area contributed by atoms with Crippen LogP contribution < -0.4 is 5.73 Å². The Morgan fingerprint density at radius 3 is 2.57 bits per heavy atom. The van der Waals surface area contributed by atoms with Gasteiger partial charge < -0.3 is 10.6 Å². The van der Waals surface area contributed by atoms with E-state index in [1.807, 2.05) is 11.0 Å². The largest absolute Gasteiger partial charge is 0.384 e. The molecule has 0 radical (unpaired) electrons. The third-order valence-electron chi connectivity index (χ3n) is 4.32. The van der Waals surface area contributed by atoms with Crippen LogP contribution in [0.3, 0.4) is 0 Å². The molecule has 0 unspecified atom stereocenters. The highest BCUT2D eigenvalue weighted by atomic mass is 16.2. The van der Waals surface area contributed by atoms with Gasteiger partial charge in [0.2, 0.25) is 0 Å². The lowest BCUT2D eigenvalue weighted by Gasteiger charge is -2.33. The SMILES string of the molecule is CCN(C(=O)c1cc(N)nc(C(C)C)c1)C1CCCCC1. The average molecular weight is 289 g/mol. The molecule has 1 aliphatic rings. The number of hydrogen-bond acceptors (Lipinski definition) is 3. The van der Waals surface area contributed by atoms with E-state index >= 15 is 0 Å². The maximum atomic E-state index is 12.8. The highest BCUT2D eigenvalue weighted by Crippen LogP contribution is 2.25. The van der Waals surface area contributed by atoms with Crippen LogP contribution in [0.4, 0.5) is 5.82 Å². The van der Waals surface area contributed by atoms with Crippen molar-refractivity contribution in [2.45, 2.75) is 64.8 Å². The van der Waals surface area contributed by atoms with Crippen LogP contribution in [0.1, 0.15) is 74.8 Å². The molecular weight excluding hydrogens is 262 g/mol. The van der Waals surface area contributed by atoms with Crippen LogP contribution in [0, 0.1) is 0 Å². The molecule has 0 atom stereocenters. The zero-order valence-corrected chi connectivity index (χ0v) is 13.4. The van der Waals surface area contributed by atoms with Gasteiger partial charge in [0.1, 0.15) is 5.82 Å². The average Bonchev–Trinajstić information content (AvgIpc) is 2.48. The first-order valence-electron chi connectivity index (χ1n) is 8.11. The van der Waals surface area contributed by atoms with Crippen molar-refractivity contribution in [3.63, 3.8) is 0 Å². The van der Waals surface area contributed by atoms with E-state index in [1.165, 1.54) is 19.3 Å². The van der Waals surface area contributed by atoms with Gasteiger partial charge in [-0.25, -0.2) is 4.98 Å². The molecule has 1 aliphatic carbocycles. The van der Waals surface area contributed by atoms with Gasteiger partial charge in [0.05, 0.1) is 0 Å². The summed E-state index contributed by atoms with van der Waals surface area (Å²) in [7, 11) is 0. The molecule has 1 saturated carbocycles. The molecule has 1 amide bonds. The zero-order chi connectivity index (χ0) is 15.4. The van der Waals surface area contributed by atoms with Gasteiger partial charge >= 0.3 is 0 Å². The van der Waals surface area contributed by atoms with Crippen molar-refractivity contribution < 1.29 is 4.79 Å². The maximum absolute atomic E-state index is 12.8. The van der Waals surface area contributed by atoms with Crippen molar-refractivity contribution in [3.05, 3.63) is 23.4 Å². The number of carbonyl (C=O) groups is 1. The lowest BCUT2D eigenvalue weighted by atomic mass is 9.93. The van der Waals surface area contributed by atoms with Crippen LogP contribution in [0.25, 0.3) is 0 Å². The Morgan fingerprint density at radius 1 is 1.33 bits per heavy atom. The Labute approximate surface area is 127 Å². The van der Waals surface area contributed by atoms with Crippen molar-refractivity contribution in [1.82, 2.24) is 9.88 Å². The van der Waals surface area contributed by atoms with Gasteiger partial charge in [0.15, 0.2) is 0 Å². The molecule has 1 fully saturated rings. The molecule has 0 aliphatic heterocycles. The Kier molecular flexibility index (Phi) is 5.21. The molecule has 2 N–H and O–H groups in total. The van der Waals surface area contributed by atoms with E-state index in [1.54, 1.807) is 6.07 Å². The number of nitrogen functional groups attached to an aromatic ring is 1. The topological polar surface area (TPSA) is 59.2 Å². The minimum Gasteiger partial charge on any atom is -0.384 e. The predicted molar refractivity (Wildman–Crippen MR) is 86.3 cm³/mol. The van der Waals surface area contributed by atoms with Gasteiger partial charge in [-0.15, -0.1) is 0 Å². The maximum Gasteiger partial charge on any atom is 0.254 e. The standard InChI is InChI=1S/C17H27N3O/c1-4-20(14-8-6-5-7-9-14)17(21)13-10-15(12(2)3)19-16(18)11-13/h10-12,14H,4-9H2,1-3H3,(H2,18,19). The summed E-state index contributed by atoms with van der Waals surface area (Å²) in [6, 6.07) is 3.99. The van der Waals surface area contributed by atoms with Gasteiger partial charge in [0, 0.05) is 23.8 Å². The normalized spacial score (nSPS) is 16.2. The number of anilines is 1. The first kappa shape index (κ1) is 15.8. The van der Waals surface area contributed by atoms with Crippen LogP contribution in [-0.4, -0.2) is 28.4 Å². The fraction of sp³-hybridized carbons (Fsp3) is 0.647. The monoisotopic (exact) mass is 289 g/mol. The van der Waals surface area contributed by atoms with Crippen LogP contribution >= 0.6 is 0 Å². The number of rotatable bonds is 4. The number of pyridine rings is 1. The summed E-state index contributed by atoms with van der Waals surface area (Å²) in [5, 5.41) is 0. The molecular formula is C17H27N3O. The van der Waals surface area contributed by atoms with Crippen LogP contribution in [0.2, 0.25) is 0 Å². The van der Waals surface area contributed by atoms with Crippen molar-refractivity contribution >= 4 is 11.7 Å². The second-order valence-corrected chi connectivity index (χ2v) is 6.24. The molecule has 1 aromatic heterocycles. The lowest BCUT2D eigenvalue weighted by molar-refractivity contribution is 0.0647. The molecule has 2 rings (SSSR count). The van der Waals surface area contributed by atoms with E-state index in [2.05, 4.69) is 25.8 Å². The van der Waals surface area contributed by atoms with Crippen LogP contribution in [-0.2, 0) is 0 Å². The lowest BCUT2D eigenvalue weighted by Crippen LogP contribution is -2.41. The van der Waals surface area contributed by atoms with E-state index in [0.29, 0.717) is 17.4 Å². The van der Waals surface area contributed by atoms with Crippen molar-refractivity contribution in [3.8, 4) is 0 Å². The summed E-state index contributed by atoms with van der Waals surface area (Å²) in [6.07, 6.45) is 5.99. The third-order valence-corrected chi connectivity index (χ3v) is 4.32. The van der Waals surface area contributed by atoms with Gasteiger partial charge in [-0.2, -0.15) is 0 Å². The van der Waals surface area contributed by atoms with Gasteiger partial charge in [-0.1, -0.05) is 33.1 Å². The van der Waals surface area contributed by atoms with Crippen LogP contribution in [0.5, 0.6) is 0 Å². The summed E-state index contributed by atoms with van der Waals surface area (Å²) in [5.74, 6) is 0.800. The van der Waals surface area contributed by atoms with E-state index in [0.717, 1.165) is 25.1 Å². The molecule has 0 bridgehead atoms. The first-order chi connectivity index (χ1) is 10.0. The van der Waals surface area contributed by atoms with Gasteiger partial charge in [-0.3, -0.25) is 4.79 Å². The number of carbonyl (C=O) groups excluding carboxylic acids is 1. The summed E-state index contributed by atoms with van der Waals surface area (Å²) < 4.78 is 0. The molecule has 21 heavy (non-hydrogen) atoms. The highest BCUT2D eigenvalue weighted by molar-refractivity contribution is 5.95. The second-order valence-electron chi connectivity index (χ2n) is 6.24. The second kappa shape index (κ2) is 6.92. The number of hydrogen-bond donors (Lipinski definition) is 1. The molecule has 1 heterocycles. The van der Waals surface area contributed by atoms with Crippen molar-refractivity contribution in [2.75, 3.05) is 12.3 Å². The fourth-order valence-electron chi connectivity index (χ4n) is 3.12. The summed E-state index contributed by atoms with van der Waals surface area (Å²) >= 11 is 0. The zero-order valence-electron chi connectivity index (χ0n) is 13.4. The Hall–Kier alpha value is -1.58. The van der Waals surface area contributed by atoms with E-state index in [9.17, 15) is 4.79 Å². The van der Waals surface area contributed by atoms with Crippen LogP contribution in [0.15, 0.2) is 12.1 Å². The minimum absolute atomic E-state index is 0.0976. The van der Waals surface area contributed by atoms with E-state index in [-0.39, 0.29) is 11.8 Å². The number of amides is 1. The smallest absolute Gasteiger partial charge is 0.254 e. The summed E-state index contributed by atoms with van der Waals surface area (Å²) in [5.41, 5.74) is 7.44. The fourth-order valence-corrected chi connectivity index (χ4v) is 3.12. The van der Waals surface area contributed by atoms with E-state index < -0.39 is 0 Å². The quantitative estimate of drug-likeness (QED) is 0.921.